The molecule has 0 fully saturated rings. The first-order valence-electron chi connectivity index (χ1n) is 4.63. The third kappa shape index (κ3) is 2.25. The molecule has 0 saturated carbocycles. The Morgan fingerprint density at radius 3 is 2.71 bits per heavy atom. The van der Waals surface area contributed by atoms with Crippen molar-refractivity contribution in [3.63, 3.8) is 0 Å². The van der Waals surface area contributed by atoms with Crippen molar-refractivity contribution in [2.24, 2.45) is 11.7 Å². The van der Waals surface area contributed by atoms with Crippen LogP contribution in [0.3, 0.4) is 0 Å². The van der Waals surface area contributed by atoms with Gasteiger partial charge in [0.15, 0.2) is 0 Å². The molecule has 0 aromatic carbocycles. The van der Waals surface area contributed by atoms with Crippen molar-refractivity contribution in [2.75, 3.05) is 5.73 Å². The van der Waals surface area contributed by atoms with Crippen molar-refractivity contribution in [3.05, 3.63) is 11.8 Å². The van der Waals surface area contributed by atoms with Gasteiger partial charge in [-0.1, -0.05) is 13.8 Å². The maximum absolute atomic E-state index is 10.9. The number of aromatic nitrogens is 2. The Balaban J connectivity index is 2.74. The third-order valence-corrected chi connectivity index (χ3v) is 2.06. The molecule has 0 saturated heterocycles. The Bertz CT molecular complexity index is 330. The minimum absolute atomic E-state index is 0.300. The highest BCUT2D eigenvalue weighted by molar-refractivity contribution is 5.96. The van der Waals surface area contributed by atoms with Gasteiger partial charge >= 0.3 is 0 Å². The predicted octanol–water partition coefficient (Wildman–Crippen LogP) is 0.610. The Kier molecular flexibility index (Phi) is 3.11. The summed E-state index contributed by atoms with van der Waals surface area (Å²) in [4.78, 5) is 10.9. The van der Waals surface area contributed by atoms with Gasteiger partial charge in [-0.25, -0.2) is 4.68 Å². The van der Waals surface area contributed by atoms with Crippen molar-refractivity contribution in [3.8, 4) is 0 Å². The van der Waals surface area contributed by atoms with E-state index in [-0.39, 0.29) is 0 Å². The first kappa shape index (κ1) is 10.6. The molecule has 14 heavy (non-hydrogen) atoms. The van der Waals surface area contributed by atoms with Crippen LogP contribution >= 0.6 is 0 Å². The van der Waals surface area contributed by atoms with Crippen LogP contribution in [-0.4, -0.2) is 15.7 Å². The first-order valence-corrected chi connectivity index (χ1v) is 4.63. The smallest absolute Gasteiger partial charge is 0.254 e. The number of rotatable bonds is 4. The summed E-state index contributed by atoms with van der Waals surface area (Å²) in [6, 6.07) is 0. The number of nitrogens with zero attached hydrogens (tertiary/aromatic N) is 2. The van der Waals surface area contributed by atoms with Gasteiger partial charge in [0.25, 0.3) is 5.91 Å². The Morgan fingerprint density at radius 2 is 2.29 bits per heavy atom. The maximum Gasteiger partial charge on any atom is 0.254 e. The summed E-state index contributed by atoms with van der Waals surface area (Å²) in [7, 11) is 0. The van der Waals surface area contributed by atoms with Gasteiger partial charge in [0, 0.05) is 6.54 Å². The molecule has 5 nitrogen and oxygen atoms in total. The van der Waals surface area contributed by atoms with E-state index in [2.05, 4.69) is 18.9 Å². The van der Waals surface area contributed by atoms with E-state index >= 15 is 0 Å². The van der Waals surface area contributed by atoms with Crippen molar-refractivity contribution >= 4 is 11.7 Å². The minimum Gasteiger partial charge on any atom is -0.383 e. The molecule has 0 atom stereocenters. The van der Waals surface area contributed by atoms with E-state index in [0.29, 0.717) is 17.3 Å². The number of carbonyl (C=O) groups excluding carboxylic acids is 1. The van der Waals surface area contributed by atoms with Gasteiger partial charge in [-0.15, -0.1) is 0 Å². The summed E-state index contributed by atoms with van der Waals surface area (Å²) in [6.07, 6.45) is 2.39. The maximum atomic E-state index is 10.9. The number of hydrogen-bond acceptors (Lipinski definition) is 3. The van der Waals surface area contributed by atoms with Gasteiger partial charge in [0.2, 0.25) is 0 Å². The fourth-order valence-electron chi connectivity index (χ4n) is 1.14. The molecule has 1 aromatic rings. The number of nitrogens with two attached hydrogens (primary N) is 2. The fraction of sp³-hybridized carbons (Fsp3) is 0.556. The van der Waals surface area contributed by atoms with Gasteiger partial charge in [0.05, 0.1) is 6.20 Å². The normalized spacial score (nSPS) is 10.8. The largest absolute Gasteiger partial charge is 0.383 e. The number of amides is 1. The van der Waals surface area contributed by atoms with Gasteiger partial charge in [0.1, 0.15) is 11.4 Å². The number of carbonyl (C=O) groups is 1. The predicted molar refractivity (Wildman–Crippen MR) is 54.6 cm³/mol. The molecule has 4 N–H and O–H groups in total. The van der Waals surface area contributed by atoms with Gasteiger partial charge in [-0.2, -0.15) is 5.10 Å². The Hall–Kier alpha value is -1.52. The summed E-state index contributed by atoms with van der Waals surface area (Å²) in [5, 5.41) is 4.00. The summed E-state index contributed by atoms with van der Waals surface area (Å²) in [5.74, 6) is 0.409. The van der Waals surface area contributed by atoms with E-state index in [4.69, 9.17) is 11.5 Å². The SMILES string of the molecule is CC(C)CCn1ncc(C(N)=O)c1N. The summed E-state index contributed by atoms with van der Waals surface area (Å²) < 4.78 is 1.61. The number of primary amides is 1. The summed E-state index contributed by atoms with van der Waals surface area (Å²) in [5.41, 5.74) is 11.1. The van der Waals surface area contributed by atoms with Crippen molar-refractivity contribution in [1.82, 2.24) is 9.78 Å². The van der Waals surface area contributed by atoms with E-state index in [1.54, 1.807) is 4.68 Å². The standard InChI is InChI=1S/C9H16N4O/c1-6(2)3-4-13-8(10)7(5-12-13)9(11)14/h5-6H,3-4,10H2,1-2H3,(H2,11,14). The Morgan fingerprint density at radius 1 is 1.64 bits per heavy atom. The molecule has 0 spiro atoms. The summed E-state index contributed by atoms with van der Waals surface area (Å²) in [6.45, 7) is 4.96. The van der Waals surface area contributed by atoms with Crippen LogP contribution in [0.2, 0.25) is 0 Å². The van der Waals surface area contributed by atoms with Crippen LogP contribution in [0.25, 0.3) is 0 Å². The lowest BCUT2D eigenvalue weighted by molar-refractivity contribution is 0.100. The van der Waals surface area contributed by atoms with Crippen LogP contribution in [0, 0.1) is 5.92 Å². The molecule has 78 valence electrons. The fourth-order valence-corrected chi connectivity index (χ4v) is 1.14. The molecule has 1 amide bonds. The van der Waals surface area contributed by atoms with Gasteiger partial charge < -0.3 is 11.5 Å². The van der Waals surface area contributed by atoms with Crippen molar-refractivity contribution in [1.29, 1.82) is 0 Å². The molecule has 0 unspecified atom stereocenters. The van der Waals surface area contributed by atoms with Gasteiger partial charge in [-0.3, -0.25) is 4.79 Å². The van der Waals surface area contributed by atoms with Crippen LogP contribution in [0.15, 0.2) is 6.20 Å². The van der Waals surface area contributed by atoms with E-state index in [1.807, 2.05) is 0 Å². The zero-order valence-corrected chi connectivity index (χ0v) is 8.53. The second kappa shape index (κ2) is 4.13. The molecule has 1 heterocycles. The zero-order chi connectivity index (χ0) is 10.7. The molecule has 0 radical (unpaired) electrons. The zero-order valence-electron chi connectivity index (χ0n) is 8.53. The van der Waals surface area contributed by atoms with Crippen LogP contribution < -0.4 is 11.5 Å². The highest BCUT2D eigenvalue weighted by Crippen LogP contribution is 2.12. The second-order valence-corrected chi connectivity index (χ2v) is 3.71. The average Bonchev–Trinajstić information content (AvgIpc) is 2.43. The van der Waals surface area contributed by atoms with Gasteiger partial charge in [-0.05, 0) is 12.3 Å². The van der Waals surface area contributed by atoms with Crippen molar-refractivity contribution in [2.45, 2.75) is 26.8 Å². The first-order chi connectivity index (χ1) is 6.52. The lowest BCUT2D eigenvalue weighted by atomic mass is 10.1. The molecular formula is C9H16N4O. The van der Waals surface area contributed by atoms with E-state index < -0.39 is 5.91 Å². The third-order valence-electron chi connectivity index (χ3n) is 2.06. The molecule has 1 aromatic heterocycles. The van der Waals surface area contributed by atoms with Crippen LogP contribution in [0.1, 0.15) is 30.6 Å². The molecule has 0 aliphatic heterocycles. The second-order valence-electron chi connectivity index (χ2n) is 3.71. The highest BCUT2D eigenvalue weighted by atomic mass is 16.1. The van der Waals surface area contributed by atoms with E-state index in [1.165, 1.54) is 6.20 Å². The number of anilines is 1. The molecule has 0 aliphatic rings. The molecule has 0 aliphatic carbocycles. The number of hydrogen-bond donors (Lipinski definition) is 2. The Labute approximate surface area is 83.1 Å². The van der Waals surface area contributed by atoms with Crippen molar-refractivity contribution < 1.29 is 4.79 Å². The van der Waals surface area contributed by atoms with E-state index in [9.17, 15) is 4.79 Å². The monoisotopic (exact) mass is 196 g/mol. The van der Waals surface area contributed by atoms with Crippen LogP contribution in [-0.2, 0) is 6.54 Å². The molecule has 0 bridgehead atoms. The number of aryl methyl sites for hydroxylation is 1. The topological polar surface area (TPSA) is 86.9 Å². The highest BCUT2D eigenvalue weighted by Gasteiger charge is 2.11. The average molecular weight is 196 g/mol. The molecular weight excluding hydrogens is 180 g/mol. The quantitative estimate of drug-likeness (QED) is 0.739. The minimum atomic E-state index is -0.529. The lowest BCUT2D eigenvalue weighted by Crippen LogP contribution is -2.14. The molecule has 5 heteroatoms. The number of nitrogen functional groups attached to an aromatic ring is 1. The van der Waals surface area contributed by atoms with Crippen LogP contribution in [0.4, 0.5) is 5.82 Å². The van der Waals surface area contributed by atoms with Crippen LogP contribution in [0.5, 0.6) is 0 Å². The van der Waals surface area contributed by atoms with E-state index in [0.717, 1.165) is 13.0 Å². The molecule has 1 rings (SSSR count). The lowest BCUT2D eigenvalue weighted by Gasteiger charge is -2.06. The summed E-state index contributed by atoms with van der Waals surface area (Å²) >= 11 is 0.